The van der Waals surface area contributed by atoms with Crippen molar-refractivity contribution < 1.29 is 27.7 Å². The molecule has 2 N–H and O–H groups in total. The molecule has 1 atom stereocenters. The maximum absolute atomic E-state index is 12.6. The molecule has 0 radical (unpaired) electrons. The van der Waals surface area contributed by atoms with E-state index in [0.717, 1.165) is 6.07 Å². The maximum Gasteiger partial charge on any atom is 0.338 e. The molecule has 0 saturated heterocycles. The second-order valence-corrected chi connectivity index (χ2v) is 9.87. The van der Waals surface area contributed by atoms with E-state index in [9.17, 15) is 28.1 Å². The van der Waals surface area contributed by atoms with Crippen LogP contribution in [0.4, 0.5) is 11.4 Å². The van der Waals surface area contributed by atoms with Gasteiger partial charge in [-0.1, -0.05) is 23.7 Å². The lowest BCUT2D eigenvalue weighted by molar-refractivity contribution is -0.383. The highest BCUT2D eigenvalue weighted by Crippen LogP contribution is 2.25. The zero-order valence-corrected chi connectivity index (χ0v) is 19.3. The molecule has 2 aromatic rings. The summed E-state index contributed by atoms with van der Waals surface area (Å²) in [4.78, 5) is 34.9. The van der Waals surface area contributed by atoms with Crippen LogP contribution in [-0.2, 0) is 19.6 Å². The lowest BCUT2D eigenvalue weighted by Crippen LogP contribution is -2.40. The Balaban J connectivity index is 2.19. The average molecular weight is 484 g/mol. The number of nitro benzene ring substituents is 1. The van der Waals surface area contributed by atoms with Crippen LogP contribution in [0.1, 0.15) is 38.1 Å². The number of nitrogens with one attached hydrogen (secondary N) is 2. The van der Waals surface area contributed by atoms with Crippen molar-refractivity contribution in [1.82, 2.24) is 4.72 Å². The minimum Gasteiger partial charge on any atom is -0.449 e. The third-order valence-corrected chi connectivity index (χ3v) is 6.15. The Kier molecular flexibility index (Phi) is 7.60. The monoisotopic (exact) mass is 483 g/mol. The van der Waals surface area contributed by atoms with Gasteiger partial charge in [0.15, 0.2) is 6.10 Å². The van der Waals surface area contributed by atoms with Crippen LogP contribution in [0.5, 0.6) is 0 Å². The Morgan fingerprint density at radius 1 is 1.16 bits per heavy atom. The number of nitrogens with zero attached hydrogens (tertiary/aromatic N) is 1. The number of hydrogen-bond acceptors (Lipinski definition) is 7. The second kappa shape index (κ2) is 9.63. The first-order valence-corrected chi connectivity index (χ1v) is 11.2. The van der Waals surface area contributed by atoms with Gasteiger partial charge in [0.1, 0.15) is 10.6 Å². The number of benzene rings is 2. The lowest BCUT2D eigenvalue weighted by Gasteiger charge is -2.21. The summed E-state index contributed by atoms with van der Waals surface area (Å²) in [5.74, 6) is -1.78. The van der Waals surface area contributed by atoms with Gasteiger partial charge in [0, 0.05) is 11.6 Å². The van der Waals surface area contributed by atoms with E-state index in [2.05, 4.69) is 10.0 Å². The molecule has 2 aromatic carbocycles. The van der Waals surface area contributed by atoms with Crippen LogP contribution >= 0.6 is 11.6 Å². The van der Waals surface area contributed by atoms with Crippen molar-refractivity contribution in [3.05, 3.63) is 63.2 Å². The van der Waals surface area contributed by atoms with E-state index in [1.807, 2.05) is 0 Å². The Bertz CT molecular complexity index is 1160. The molecule has 1 unspecified atom stereocenters. The first kappa shape index (κ1) is 25.2. The number of anilines is 1. The zero-order valence-electron chi connectivity index (χ0n) is 17.7. The van der Waals surface area contributed by atoms with Gasteiger partial charge >= 0.3 is 5.97 Å². The molecule has 0 spiro atoms. The molecule has 0 bridgehead atoms. The van der Waals surface area contributed by atoms with Crippen LogP contribution in [0.25, 0.3) is 0 Å². The second-order valence-electron chi connectivity index (χ2n) is 7.81. The summed E-state index contributed by atoms with van der Waals surface area (Å²) in [7, 11) is -4.04. The number of carbonyl (C=O) groups excluding carboxylic acids is 2. The first-order chi connectivity index (χ1) is 14.7. The van der Waals surface area contributed by atoms with Gasteiger partial charge in [0.25, 0.3) is 11.6 Å². The van der Waals surface area contributed by atoms with Gasteiger partial charge in [-0.05, 0) is 52.0 Å². The van der Waals surface area contributed by atoms with E-state index in [0.29, 0.717) is 0 Å². The van der Waals surface area contributed by atoms with Gasteiger partial charge in [-0.15, -0.1) is 0 Å². The summed E-state index contributed by atoms with van der Waals surface area (Å²) in [6, 6.07) is 9.03. The number of sulfonamides is 1. The number of nitro groups is 1. The summed E-state index contributed by atoms with van der Waals surface area (Å²) in [6.45, 7) is 6.21. The minimum absolute atomic E-state index is 0.0569. The number of hydrogen-bond donors (Lipinski definition) is 2. The van der Waals surface area contributed by atoms with Gasteiger partial charge < -0.3 is 10.1 Å². The molecule has 0 saturated carbocycles. The summed E-state index contributed by atoms with van der Waals surface area (Å²) >= 11 is 6.01. The number of para-hydroxylation sites is 2. The highest BCUT2D eigenvalue weighted by molar-refractivity contribution is 7.89. The van der Waals surface area contributed by atoms with Crippen molar-refractivity contribution in [3.8, 4) is 0 Å². The Morgan fingerprint density at radius 2 is 1.78 bits per heavy atom. The van der Waals surface area contributed by atoms with E-state index < -0.39 is 38.5 Å². The molecule has 1 amide bonds. The quantitative estimate of drug-likeness (QED) is 0.348. The van der Waals surface area contributed by atoms with E-state index in [-0.39, 0.29) is 26.9 Å². The van der Waals surface area contributed by atoms with Crippen LogP contribution in [0.3, 0.4) is 0 Å². The zero-order chi connectivity index (χ0) is 24.3. The molecular formula is C20H22ClN3O7S. The van der Waals surface area contributed by atoms with Gasteiger partial charge in [-0.2, -0.15) is 0 Å². The van der Waals surface area contributed by atoms with Crippen LogP contribution in [0.15, 0.2) is 47.4 Å². The highest BCUT2D eigenvalue weighted by atomic mass is 35.5. The maximum atomic E-state index is 12.6. The van der Waals surface area contributed by atoms with Crippen molar-refractivity contribution in [2.24, 2.45) is 0 Å². The van der Waals surface area contributed by atoms with Crippen LogP contribution in [0, 0.1) is 10.1 Å². The number of rotatable bonds is 7. The molecule has 0 fully saturated rings. The number of esters is 1. The Hall–Kier alpha value is -3.02. The molecule has 0 aliphatic heterocycles. The number of carbonyl (C=O) groups is 2. The fourth-order valence-corrected chi connectivity index (χ4v) is 4.49. The molecule has 172 valence electrons. The van der Waals surface area contributed by atoms with E-state index in [1.165, 1.54) is 43.3 Å². The summed E-state index contributed by atoms with van der Waals surface area (Å²) < 4.78 is 32.7. The van der Waals surface area contributed by atoms with Crippen molar-refractivity contribution in [1.29, 1.82) is 0 Å². The molecule has 0 aliphatic rings. The molecule has 2 rings (SSSR count). The van der Waals surface area contributed by atoms with Gasteiger partial charge in [0.2, 0.25) is 10.0 Å². The third kappa shape index (κ3) is 6.49. The number of ether oxygens (including phenoxy) is 1. The number of amides is 1. The van der Waals surface area contributed by atoms with E-state index in [1.54, 1.807) is 20.8 Å². The van der Waals surface area contributed by atoms with Gasteiger partial charge in [-0.3, -0.25) is 14.9 Å². The predicted octanol–water partition coefficient (Wildman–Crippen LogP) is 3.51. The molecule has 0 aliphatic carbocycles. The Labute approximate surface area is 190 Å². The standard InChI is InChI=1S/C20H22ClN3O7S/c1-12(18(25)22-15-7-5-6-8-16(15)24(27)28)31-19(26)13-9-10-14(21)17(11-13)32(29,30)23-20(2,3)4/h5-12,23H,1-4H3,(H,22,25). The van der Waals surface area contributed by atoms with Crippen molar-refractivity contribution >= 4 is 44.9 Å². The van der Waals surface area contributed by atoms with Crippen LogP contribution in [-0.4, -0.2) is 36.9 Å². The average Bonchev–Trinajstić information content (AvgIpc) is 2.66. The summed E-state index contributed by atoms with van der Waals surface area (Å²) in [5.41, 5.74) is -1.31. The van der Waals surface area contributed by atoms with Crippen LogP contribution < -0.4 is 10.0 Å². The summed E-state index contributed by atoms with van der Waals surface area (Å²) in [6.07, 6.45) is -1.33. The summed E-state index contributed by atoms with van der Waals surface area (Å²) in [5, 5.41) is 13.3. The smallest absolute Gasteiger partial charge is 0.338 e. The number of halogens is 1. The van der Waals surface area contributed by atoms with Gasteiger partial charge in [0.05, 0.1) is 15.5 Å². The first-order valence-electron chi connectivity index (χ1n) is 9.30. The van der Waals surface area contributed by atoms with E-state index >= 15 is 0 Å². The Morgan fingerprint density at radius 3 is 2.38 bits per heavy atom. The molecular weight excluding hydrogens is 462 g/mol. The fourth-order valence-electron chi connectivity index (χ4n) is 2.55. The van der Waals surface area contributed by atoms with Crippen molar-refractivity contribution in [2.75, 3.05) is 5.32 Å². The third-order valence-electron chi connectivity index (χ3n) is 3.91. The minimum atomic E-state index is -4.04. The molecule has 10 nitrogen and oxygen atoms in total. The largest absolute Gasteiger partial charge is 0.449 e. The SMILES string of the molecule is CC(OC(=O)c1ccc(Cl)c(S(=O)(=O)NC(C)(C)C)c1)C(=O)Nc1ccccc1[N+](=O)[O-]. The molecule has 32 heavy (non-hydrogen) atoms. The molecule has 0 heterocycles. The van der Waals surface area contributed by atoms with Crippen molar-refractivity contribution in [3.63, 3.8) is 0 Å². The molecule has 0 aromatic heterocycles. The van der Waals surface area contributed by atoms with E-state index in [4.69, 9.17) is 16.3 Å². The predicted molar refractivity (Wildman–Crippen MR) is 118 cm³/mol. The van der Waals surface area contributed by atoms with Gasteiger partial charge in [-0.25, -0.2) is 17.9 Å². The van der Waals surface area contributed by atoms with Crippen LogP contribution in [0.2, 0.25) is 5.02 Å². The highest BCUT2D eigenvalue weighted by Gasteiger charge is 2.27. The van der Waals surface area contributed by atoms with Crippen molar-refractivity contribution in [2.45, 2.75) is 44.2 Å². The molecule has 12 heteroatoms. The fraction of sp³-hybridized carbons (Fsp3) is 0.300. The topological polar surface area (TPSA) is 145 Å². The normalized spacial score (nSPS) is 12.7. The lowest BCUT2D eigenvalue weighted by atomic mass is 10.1.